The van der Waals surface area contributed by atoms with E-state index in [1.807, 2.05) is 0 Å². The molecule has 1 atom stereocenters. The van der Waals surface area contributed by atoms with Crippen molar-refractivity contribution >= 4 is 58.6 Å². The number of nitrogens with two attached hydrogens (primary N) is 1. The van der Waals surface area contributed by atoms with E-state index in [2.05, 4.69) is 38.6 Å². The number of hydrogen-bond acceptors (Lipinski definition) is 9. The molecule has 0 saturated heterocycles. The predicted octanol–water partition coefficient (Wildman–Crippen LogP) is 4.43. The summed E-state index contributed by atoms with van der Waals surface area (Å²) in [6.07, 6.45) is 4.71. The number of ether oxygens (including phenoxy) is 2. The van der Waals surface area contributed by atoms with E-state index in [9.17, 15) is 4.79 Å². The molecule has 35 heavy (non-hydrogen) atoms. The summed E-state index contributed by atoms with van der Waals surface area (Å²) in [5.74, 6) is -0.639. The minimum Gasteiger partial charge on any atom is -0.478 e. The van der Waals surface area contributed by atoms with Crippen molar-refractivity contribution < 1.29 is 18.7 Å². The lowest BCUT2D eigenvalue weighted by Crippen LogP contribution is -2.25. The SMILES string of the molecule is C=Cc1c(N=C)ccc(Nc2ncnc3cc(/C(C=NC)=C/N)cc(OC(C)C(=O)OC)c23)c1F. The van der Waals surface area contributed by atoms with Crippen LogP contribution >= 0.6 is 0 Å². The fraction of sp³-hybridized carbons (Fsp3) is 0.160. The summed E-state index contributed by atoms with van der Waals surface area (Å²) in [5, 5.41) is 3.41. The molecule has 0 saturated carbocycles. The Hall–Kier alpha value is -4.60. The third-order valence-corrected chi connectivity index (χ3v) is 5.10. The largest absolute Gasteiger partial charge is 0.478 e. The summed E-state index contributed by atoms with van der Waals surface area (Å²) in [7, 11) is 2.88. The van der Waals surface area contributed by atoms with Crippen molar-refractivity contribution in [2.75, 3.05) is 19.5 Å². The first-order chi connectivity index (χ1) is 16.9. The number of fused-ring (bicyclic) bond motifs is 1. The van der Waals surface area contributed by atoms with Crippen LogP contribution in [0.4, 0.5) is 21.6 Å². The molecule has 9 nitrogen and oxygen atoms in total. The molecule has 1 heterocycles. The summed E-state index contributed by atoms with van der Waals surface area (Å²) in [6, 6.07) is 6.55. The number of methoxy groups -OCH3 is 1. The quantitative estimate of drug-likeness (QED) is 0.346. The molecule has 0 aliphatic heterocycles. The van der Waals surface area contributed by atoms with Crippen LogP contribution in [0.5, 0.6) is 5.75 Å². The van der Waals surface area contributed by atoms with Gasteiger partial charge in [0.05, 0.1) is 29.4 Å². The number of aliphatic imine (C=N–C) groups is 2. The highest BCUT2D eigenvalue weighted by Gasteiger charge is 2.21. The summed E-state index contributed by atoms with van der Waals surface area (Å²) in [5.41, 5.74) is 8.17. The number of anilines is 2. The number of carbonyl (C=O) groups excluding carboxylic acids is 1. The zero-order chi connectivity index (χ0) is 25.5. The van der Waals surface area contributed by atoms with Crippen LogP contribution in [0.2, 0.25) is 0 Å². The molecule has 0 radical (unpaired) electrons. The first kappa shape index (κ1) is 25.0. The monoisotopic (exact) mass is 476 g/mol. The number of nitrogens with zero attached hydrogens (tertiary/aromatic N) is 4. The summed E-state index contributed by atoms with van der Waals surface area (Å²) >= 11 is 0. The van der Waals surface area contributed by atoms with Crippen LogP contribution in [-0.2, 0) is 9.53 Å². The van der Waals surface area contributed by atoms with Gasteiger partial charge in [-0.05, 0) is 43.5 Å². The number of esters is 1. The van der Waals surface area contributed by atoms with E-state index in [0.717, 1.165) is 0 Å². The number of hydrogen-bond donors (Lipinski definition) is 2. The van der Waals surface area contributed by atoms with Gasteiger partial charge in [-0.3, -0.25) is 9.98 Å². The number of aromatic nitrogens is 2. The molecule has 2 aromatic carbocycles. The van der Waals surface area contributed by atoms with Crippen molar-refractivity contribution in [2.24, 2.45) is 15.7 Å². The van der Waals surface area contributed by atoms with Crippen LogP contribution in [0.3, 0.4) is 0 Å². The average molecular weight is 477 g/mol. The summed E-state index contributed by atoms with van der Waals surface area (Å²) in [6.45, 7) is 8.65. The van der Waals surface area contributed by atoms with Crippen LogP contribution in [0.1, 0.15) is 18.1 Å². The van der Waals surface area contributed by atoms with Gasteiger partial charge in [-0.15, -0.1) is 0 Å². The Morgan fingerprint density at radius 2 is 2.09 bits per heavy atom. The number of rotatable bonds is 9. The molecule has 3 rings (SSSR count). The Morgan fingerprint density at radius 1 is 1.31 bits per heavy atom. The van der Waals surface area contributed by atoms with Crippen molar-refractivity contribution in [2.45, 2.75) is 13.0 Å². The molecule has 0 spiro atoms. The molecular formula is C25H25FN6O3. The van der Waals surface area contributed by atoms with Gasteiger partial charge in [-0.25, -0.2) is 19.2 Å². The molecule has 180 valence electrons. The van der Waals surface area contributed by atoms with Gasteiger partial charge in [0.15, 0.2) is 11.9 Å². The zero-order valence-corrected chi connectivity index (χ0v) is 19.6. The third-order valence-electron chi connectivity index (χ3n) is 5.10. The number of halogens is 1. The zero-order valence-electron chi connectivity index (χ0n) is 19.6. The lowest BCUT2D eigenvalue weighted by atomic mass is 10.0. The Labute approximate surface area is 201 Å². The van der Waals surface area contributed by atoms with E-state index >= 15 is 4.39 Å². The topological polar surface area (TPSA) is 124 Å². The fourth-order valence-corrected chi connectivity index (χ4v) is 3.40. The lowest BCUT2D eigenvalue weighted by molar-refractivity contribution is -0.147. The van der Waals surface area contributed by atoms with Gasteiger partial charge in [0.1, 0.15) is 17.9 Å². The predicted molar refractivity (Wildman–Crippen MR) is 137 cm³/mol. The highest BCUT2D eigenvalue weighted by molar-refractivity contribution is 6.11. The highest BCUT2D eigenvalue weighted by Crippen LogP contribution is 2.37. The van der Waals surface area contributed by atoms with Gasteiger partial charge >= 0.3 is 5.97 Å². The van der Waals surface area contributed by atoms with Crippen molar-refractivity contribution in [3.63, 3.8) is 0 Å². The lowest BCUT2D eigenvalue weighted by Gasteiger charge is -2.18. The minimum absolute atomic E-state index is 0.129. The Bertz CT molecular complexity index is 1350. The Balaban J connectivity index is 2.23. The van der Waals surface area contributed by atoms with Gasteiger partial charge < -0.3 is 20.5 Å². The number of allylic oxidation sites excluding steroid dienone is 1. The molecule has 0 fully saturated rings. The summed E-state index contributed by atoms with van der Waals surface area (Å²) < 4.78 is 25.9. The van der Waals surface area contributed by atoms with Crippen molar-refractivity contribution in [1.82, 2.24) is 9.97 Å². The second-order valence-corrected chi connectivity index (χ2v) is 7.23. The second kappa shape index (κ2) is 11.0. The van der Waals surface area contributed by atoms with E-state index in [-0.39, 0.29) is 22.8 Å². The molecule has 1 unspecified atom stereocenters. The van der Waals surface area contributed by atoms with Crippen LogP contribution < -0.4 is 15.8 Å². The maximum absolute atomic E-state index is 15.2. The van der Waals surface area contributed by atoms with Crippen LogP contribution in [0.25, 0.3) is 22.6 Å². The van der Waals surface area contributed by atoms with Crippen LogP contribution in [0.15, 0.2) is 53.4 Å². The maximum atomic E-state index is 15.2. The minimum atomic E-state index is -0.946. The van der Waals surface area contributed by atoms with E-state index in [1.165, 1.54) is 31.8 Å². The molecule has 0 amide bonds. The van der Waals surface area contributed by atoms with Crippen molar-refractivity contribution in [3.8, 4) is 5.75 Å². The molecule has 3 N–H and O–H groups in total. The van der Waals surface area contributed by atoms with Crippen LogP contribution in [0, 0.1) is 5.82 Å². The standard InChI is InChI=1S/C25H25FN6O3/c1-6-17-18(29-4)7-8-19(23(17)26)32-24-22-20(30-13-31-24)9-15(16(11-27)12-28-3)10-21(22)35-14(2)25(33)34-5/h6-14H,1,4,27H2,2-3,5H3,(H,30,31,32)/b16-11+,28-12?. The average Bonchev–Trinajstić information content (AvgIpc) is 2.87. The number of carbonyl (C=O) groups is 1. The Kier molecular flexibility index (Phi) is 7.88. The number of nitrogens with one attached hydrogen (secondary N) is 1. The van der Waals surface area contributed by atoms with E-state index in [0.29, 0.717) is 27.7 Å². The van der Waals surface area contributed by atoms with Crippen molar-refractivity contribution in [1.29, 1.82) is 0 Å². The molecular weight excluding hydrogens is 451 g/mol. The Morgan fingerprint density at radius 3 is 2.71 bits per heavy atom. The van der Waals surface area contributed by atoms with Gasteiger partial charge in [0.25, 0.3) is 0 Å². The van der Waals surface area contributed by atoms with Gasteiger partial charge in [-0.2, -0.15) is 0 Å². The molecule has 1 aromatic heterocycles. The van der Waals surface area contributed by atoms with Gasteiger partial charge in [0.2, 0.25) is 0 Å². The fourth-order valence-electron chi connectivity index (χ4n) is 3.40. The molecule has 10 heteroatoms. The van der Waals surface area contributed by atoms with Crippen molar-refractivity contribution in [3.05, 3.63) is 60.3 Å². The van der Waals surface area contributed by atoms with Crippen LogP contribution in [-0.4, -0.2) is 49.1 Å². The third kappa shape index (κ3) is 5.16. The molecule has 0 bridgehead atoms. The first-order valence-electron chi connectivity index (χ1n) is 10.4. The number of benzene rings is 2. The van der Waals surface area contributed by atoms with Gasteiger partial charge in [-0.1, -0.05) is 12.7 Å². The normalized spacial score (nSPS) is 12.4. The molecule has 0 aliphatic rings. The van der Waals surface area contributed by atoms with E-state index < -0.39 is 17.9 Å². The van der Waals surface area contributed by atoms with Gasteiger partial charge in [0, 0.05) is 30.6 Å². The van der Waals surface area contributed by atoms with E-state index in [1.54, 1.807) is 38.4 Å². The first-order valence-corrected chi connectivity index (χ1v) is 10.4. The molecule has 3 aromatic rings. The highest BCUT2D eigenvalue weighted by atomic mass is 19.1. The second-order valence-electron chi connectivity index (χ2n) is 7.23. The van der Waals surface area contributed by atoms with E-state index in [4.69, 9.17) is 15.2 Å². The maximum Gasteiger partial charge on any atom is 0.346 e. The smallest absolute Gasteiger partial charge is 0.346 e. The molecule has 0 aliphatic carbocycles. The summed E-state index contributed by atoms with van der Waals surface area (Å²) in [4.78, 5) is 28.5.